The molecule has 7 heteroatoms. The summed E-state index contributed by atoms with van der Waals surface area (Å²) in [5.41, 5.74) is 6.23. The Morgan fingerprint density at radius 1 is 1.48 bits per heavy atom. The summed E-state index contributed by atoms with van der Waals surface area (Å²) >= 11 is 0. The van der Waals surface area contributed by atoms with Crippen molar-refractivity contribution < 1.29 is 17.9 Å². The SMILES string of the molecule is CC(NS(=O)(=O)CCOc1ccccc1N)C1CCOC1. The minimum absolute atomic E-state index is 0.0669. The van der Waals surface area contributed by atoms with Crippen molar-refractivity contribution in [3.8, 4) is 5.75 Å². The van der Waals surface area contributed by atoms with Gasteiger partial charge in [0.1, 0.15) is 12.4 Å². The van der Waals surface area contributed by atoms with Crippen molar-refractivity contribution in [1.29, 1.82) is 0 Å². The van der Waals surface area contributed by atoms with Gasteiger partial charge >= 0.3 is 0 Å². The van der Waals surface area contributed by atoms with Gasteiger partial charge in [-0.3, -0.25) is 0 Å². The lowest BCUT2D eigenvalue weighted by Crippen LogP contribution is -2.40. The highest BCUT2D eigenvalue weighted by Gasteiger charge is 2.25. The quantitative estimate of drug-likeness (QED) is 0.733. The Bertz CT molecular complexity index is 556. The average Bonchev–Trinajstić information content (AvgIpc) is 2.94. The maximum Gasteiger partial charge on any atom is 0.215 e. The number of hydrogen-bond donors (Lipinski definition) is 2. The van der Waals surface area contributed by atoms with Crippen molar-refractivity contribution in [1.82, 2.24) is 4.72 Å². The zero-order valence-corrected chi connectivity index (χ0v) is 12.9. The van der Waals surface area contributed by atoms with Crippen LogP contribution in [0.2, 0.25) is 0 Å². The van der Waals surface area contributed by atoms with Crippen LogP contribution >= 0.6 is 0 Å². The molecule has 0 aromatic heterocycles. The number of para-hydroxylation sites is 2. The second kappa shape index (κ2) is 7.11. The summed E-state index contributed by atoms with van der Waals surface area (Å²) in [6.45, 7) is 3.25. The fraction of sp³-hybridized carbons (Fsp3) is 0.571. The number of benzene rings is 1. The Morgan fingerprint density at radius 2 is 2.24 bits per heavy atom. The van der Waals surface area contributed by atoms with E-state index in [1.165, 1.54) is 0 Å². The second-order valence-electron chi connectivity index (χ2n) is 5.24. The molecule has 21 heavy (non-hydrogen) atoms. The minimum Gasteiger partial charge on any atom is -0.490 e. The molecule has 0 bridgehead atoms. The third-order valence-electron chi connectivity index (χ3n) is 3.57. The highest BCUT2D eigenvalue weighted by Crippen LogP contribution is 2.20. The van der Waals surface area contributed by atoms with Crippen molar-refractivity contribution in [3.05, 3.63) is 24.3 Å². The van der Waals surface area contributed by atoms with Gasteiger partial charge in [-0.1, -0.05) is 12.1 Å². The summed E-state index contributed by atoms with van der Waals surface area (Å²) in [7, 11) is -3.37. The smallest absolute Gasteiger partial charge is 0.215 e. The third kappa shape index (κ3) is 4.87. The lowest BCUT2D eigenvalue weighted by Gasteiger charge is -2.19. The van der Waals surface area contributed by atoms with Crippen LogP contribution in [0.3, 0.4) is 0 Å². The molecule has 2 rings (SSSR count). The van der Waals surface area contributed by atoms with Gasteiger partial charge in [0.05, 0.1) is 18.0 Å². The summed E-state index contributed by atoms with van der Waals surface area (Å²) in [6, 6.07) is 6.89. The highest BCUT2D eigenvalue weighted by molar-refractivity contribution is 7.89. The van der Waals surface area contributed by atoms with Crippen LogP contribution in [0.4, 0.5) is 5.69 Å². The van der Waals surface area contributed by atoms with Gasteiger partial charge in [0, 0.05) is 18.6 Å². The van der Waals surface area contributed by atoms with Crippen molar-refractivity contribution >= 4 is 15.7 Å². The molecule has 118 valence electrons. The molecule has 3 N–H and O–H groups in total. The predicted molar refractivity (Wildman–Crippen MR) is 81.7 cm³/mol. The average molecular weight is 314 g/mol. The molecule has 1 aromatic rings. The van der Waals surface area contributed by atoms with E-state index in [4.69, 9.17) is 15.2 Å². The van der Waals surface area contributed by atoms with Crippen LogP contribution in [-0.4, -0.2) is 40.0 Å². The first-order valence-electron chi connectivity index (χ1n) is 7.03. The Hall–Kier alpha value is -1.31. The molecule has 0 aliphatic carbocycles. The van der Waals surface area contributed by atoms with Crippen LogP contribution in [0.15, 0.2) is 24.3 Å². The number of rotatable bonds is 7. The van der Waals surface area contributed by atoms with E-state index in [2.05, 4.69) is 4.72 Å². The molecule has 1 fully saturated rings. The number of anilines is 1. The zero-order chi connectivity index (χ0) is 15.3. The lowest BCUT2D eigenvalue weighted by atomic mass is 10.0. The summed E-state index contributed by atoms with van der Waals surface area (Å²) in [5.74, 6) is 0.648. The molecule has 1 heterocycles. The van der Waals surface area contributed by atoms with E-state index in [9.17, 15) is 8.42 Å². The molecular weight excluding hydrogens is 292 g/mol. The first-order chi connectivity index (χ1) is 9.98. The van der Waals surface area contributed by atoms with Gasteiger partial charge < -0.3 is 15.2 Å². The van der Waals surface area contributed by atoms with E-state index in [1.54, 1.807) is 24.3 Å². The van der Waals surface area contributed by atoms with E-state index in [1.807, 2.05) is 6.92 Å². The molecule has 0 amide bonds. The van der Waals surface area contributed by atoms with Crippen molar-refractivity contribution in [2.45, 2.75) is 19.4 Å². The number of nitrogen functional groups attached to an aromatic ring is 1. The number of sulfonamides is 1. The van der Waals surface area contributed by atoms with E-state index in [0.29, 0.717) is 24.7 Å². The molecule has 0 spiro atoms. The minimum atomic E-state index is -3.37. The molecular formula is C14H22N2O4S. The highest BCUT2D eigenvalue weighted by atomic mass is 32.2. The van der Waals surface area contributed by atoms with Gasteiger partial charge in [-0.25, -0.2) is 13.1 Å². The summed E-state index contributed by atoms with van der Waals surface area (Å²) in [6.07, 6.45) is 0.890. The molecule has 6 nitrogen and oxygen atoms in total. The van der Waals surface area contributed by atoms with Gasteiger partial charge in [0.25, 0.3) is 0 Å². The van der Waals surface area contributed by atoms with Gasteiger partial charge in [-0.2, -0.15) is 0 Å². The van der Waals surface area contributed by atoms with E-state index in [0.717, 1.165) is 6.42 Å². The van der Waals surface area contributed by atoms with E-state index in [-0.39, 0.29) is 24.3 Å². The van der Waals surface area contributed by atoms with Crippen LogP contribution in [0.1, 0.15) is 13.3 Å². The fourth-order valence-corrected chi connectivity index (χ4v) is 3.44. The molecule has 2 unspecified atom stereocenters. The number of nitrogens with one attached hydrogen (secondary N) is 1. The third-order valence-corrected chi connectivity index (χ3v) is 5.00. The van der Waals surface area contributed by atoms with Gasteiger partial charge in [0.2, 0.25) is 10.0 Å². The van der Waals surface area contributed by atoms with Crippen LogP contribution in [-0.2, 0) is 14.8 Å². The molecule has 1 aromatic carbocycles. The summed E-state index contributed by atoms with van der Waals surface area (Å²) < 4.78 is 37.4. The lowest BCUT2D eigenvalue weighted by molar-refractivity contribution is 0.180. The van der Waals surface area contributed by atoms with Crippen molar-refractivity contribution in [2.75, 3.05) is 31.3 Å². The van der Waals surface area contributed by atoms with Crippen molar-refractivity contribution in [3.63, 3.8) is 0 Å². The molecule has 0 radical (unpaired) electrons. The fourth-order valence-electron chi connectivity index (χ4n) is 2.26. The maximum atomic E-state index is 12.0. The molecule has 2 atom stereocenters. The van der Waals surface area contributed by atoms with Crippen LogP contribution in [0.25, 0.3) is 0 Å². The topological polar surface area (TPSA) is 90.7 Å². The standard InChI is InChI=1S/C14H22N2O4S/c1-11(12-6-7-19-10-12)16-21(17,18)9-8-20-14-5-3-2-4-13(14)15/h2-5,11-12,16H,6-10,15H2,1H3. The van der Waals surface area contributed by atoms with Gasteiger partial charge in [0.15, 0.2) is 0 Å². The molecule has 1 aliphatic rings. The number of ether oxygens (including phenoxy) is 2. The second-order valence-corrected chi connectivity index (χ2v) is 7.11. The normalized spacial score (nSPS) is 20.3. The largest absolute Gasteiger partial charge is 0.490 e. The predicted octanol–water partition coefficient (Wildman–Crippen LogP) is 0.992. The maximum absolute atomic E-state index is 12.0. The monoisotopic (exact) mass is 314 g/mol. The van der Waals surface area contributed by atoms with Crippen LogP contribution in [0, 0.1) is 5.92 Å². The van der Waals surface area contributed by atoms with Crippen LogP contribution in [0.5, 0.6) is 5.75 Å². The first kappa shape index (κ1) is 16.1. The van der Waals surface area contributed by atoms with Crippen molar-refractivity contribution in [2.24, 2.45) is 5.92 Å². The summed E-state index contributed by atoms with van der Waals surface area (Å²) in [5, 5.41) is 0. The Morgan fingerprint density at radius 3 is 2.90 bits per heavy atom. The molecule has 0 saturated carbocycles. The number of hydrogen-bond acceptors (Lipinski definition) is 5. The first-order valence-corrected chi connectivity index (χ1v) is 8.68. The van der Waals surface area contributed by atoms with Gasteiger partial charge in [-0.05, 0) is 25.5 Å². The summed E-state index contributed by atoms with van der Waals surface area (Å²) in [4.78, 5) is 0. The Balaban J connectivity index is 1.80. The number of nitrogens with two attached hydrogens (primary N) is 1. The van der Waals surface area contributed by atoms with E-state index < -0.39 is 10.0 Å². The van der Waals surface area contributed by atoms with E-state index >= 15 is 0 Å². The van der Waals surface area contributed by atoms with Gasteiger partial charge in [-0.15, -0.1) is 0 Å². The molecule has 1 aliphatic heterocycles. The molecule has 1 saturated heterocycles. The van der Waals surface area contributed by atoms with Crippen LogP contribution < -0.4 is 15.2 Å². The Kier molecular flexibility index (Phi) is 5.44. The zero-order valence-electron chi connectivity index (χ0n) is 12.1. The Labute approximate surface area is 125 Å².